The van der Waals surface area contributed by atoms with Crippen molar-refractivity contribution >= 4 is 34.2 Å². The predicted octanol–water partition coefficient (Wildman–Crippen LogP) is 4.37. The molecule has 1 N–H and O–H groups in total. The molecule has 0 saturated heterocycles. The molecule has 0 aliphatic heterocycles. The molecule has 1 heterocycles. The van der Waals surface area contributed by atoms with Crippen LogP contribution in [0, 0.1) is 5.82 Å². The van der Waals surface area contributed by atoms with Crippen molar-refractivity contribution in [1.29, 1.82) is 0 Å². The summed E-state index contributed by atoms with van der Waals surface area (Å²) in [6.07, 6.45) is 0.786. The first-order valence-electron chi connectivity index (χ1n) is 6.00. The second-order valence-corrected chi connectivity index (χ2v) is 5.66. The van der Waals surface area contributed by atoms with Gasteiger partial charge < -0.3 is 4.74 Å². The standard InChI is InChI=1S/C14H14ClFN2O2/c1-14(2,3)20-13(19)18-12-9-6-11(15)17-7-8(9)4-5-10(12)16/h4-7H,1-3H3,(H,18,19). The van der Waals surface area contributed by atoms with E-state index in [1.807, 2.05) is 0 Å². The zero-order chi connectivity index (χ0) is 14.9. The molecule has 0 fully saturated rings. The van der Waals surface area contributed by atoms with E-state index in [0.717, 1.165) is 0 Å². The summed E-state index contributed by atoms with van der Waals surface area (Å²) >= 11 is 5.81. The Morgan fingerprint density at radius 1 is 1.40 bits per heavy atom. The number of pyridine rings is 1. The number of carbonyl (C=O) groups is 1. The summed E-state index contributed by atoms with van der Waals surface area (Å²) in [5, 5.41) is 3.77. The second-order valence-electron chi connectivity index (χ2n) is 5.28. The number of carbonyl (C=O) groups excluding carboxylic acids is 1. The number of amides is 1. The van der Waals surface area contributed by atoms with Gasteiger partial charge in [-0.15, -0.1) is 0 Å². The summed E-state index contributed by atoms with van der Waals surface area (Å²) in [7, 11) is 0. The topological polar surface area (TPSA) is 51.2 Å². The maximum Gasteiger partial charge on any atom is 0.412 e. The van der Waals surface area contributed by atoms with Crippen molar-refractivity contribution in [2.24, 2.45) is 0 Å². The van der Waals surface area contributed by atoms with Crippen LogP contribution in [0.15, 0.2) is 24.4 Å². The lowest BCUT2D eigenvalue weighted by Crippen LogP contribution is -2.27. The van der Waals surface area contributed by atoms with Gasteiger partial charge in [-0.2, -0.15) is 0 Å². The molecule has 2 aromatic rings. The number of hydrogen-bond acceptors (Lipinski definition) is 3. The highest BCUT2D eigenvalue weighted by Gasteiger charge is 2.18. The predicted molar refractivity (Wildman–Crippen MR) is 76.6 cm³/mol. The third kappa shape index (κ3) is 3.36. The molecule has 0 spiro atoms. The number of nitrogens with zero attached hydrogens (tertiary/aromatic N) is 1. The van der Waals surface area contributed by atoms with Crippen LogP contribution in [0.25, 0.3) is 10.8 Å². The highest BCUT2D eigenvalue weighted by Crippen LogP contribution is 2.28. The maximum atomic E-state index is 13.9. The van der Waals surface area contributed by atoms with Crippen LogP contribution in [0.4, 0.5) is 14.9 Å². The van der Waals surface area contributed by atoms with Gasteiger partial charge >= 0.3 is 6.09 Å². The first-order chi connectivity index (χ1) is 9.26. The van der Waals surface area contributed by atoms with Crippen LogP contribution in [-0.2, 0) is 4.74 Å². The van der Waals surface area contributed by atoms with E-state index in [2.05, 4.69) is 10.3 Å². The van der Waals surface area contributed by atoms with Gasteiger partial charge in [-0.25, -0.2) is 14.2 Å². The van der Waals surface area contributed by atoms with E-state index in [0.29, 0.717) is 10.8 Å². The molecule has 1 amide bonds. The van der Waals surface area contributed by atoms with E-state index in [9.17, 15) is 9.18 Å². The first kappa shape index (κ1) is 14.5. The number of aromatic nitrogens is 1. The molecule has 0 atom stereocenters. The molecule has 1 aromatic carbocycles. The Morgan fingerprint density at radius 3 is 2.75 bits per heavy atom. The number of hydrogen-bond donors (Lipinski definition) is 1. The minimum atomic E-state index is -0.725. The van der Waals surface area contributed by atoms with E-state index in [4.69, 9.17) is 16.3 Å². The Balaban J connectivity index is 2.40. The van der Waals surface area contributed by atoms with E-state index >= 15 is 0 Å². The molecular formula is C14H14ClFN2O2. The van der Waals surface area contributed by atoms with Crippen LogP contribution in [0.2, 0.25) is 5.15 Å². The number of ether oxygens (including phenoxy) is 1. The minimum Gasteiger partial charge on any atom is -0.444 e. The van der Waals surface area contributed by atoms with Crippen LogP contribution in [-0.4, -0.2) is 16.7 Å². The summed E-state index contributed by atoms with van der Waals surface area (Å²) in [6.45, 7) is 5.19. The number of anilines is 1. The molecule has 0 bridgehead atoms. The Morgan fingerprint density at radius 2 is 2.10 bits per heavy atom. The first-order valence-corrected chi connectivity index (χ1v) is 6.38. The minimum absolute atomic E-state index is 0.0288. The van der Waals surface area contributed by atoms with Gasteiger partial charge in [-0.1, -0.05) is 11.6 Å². The Bertz CT molecular complexity index is 663. The summed E-state index contributed by atoms with van der Waals surface area (Å²) in [5.74, 6) is -0.564. The number of halogens is 2. The van der Waals surface area contributed by atoms with Gasteiger partial charge in [0.25, 0.3) is 0 Å². The number of fused-ring (bicyclic) bond motifs is 1. The zero-order valence-corrected chi connectivity index (χ0v) is 12.1. The Labute approximate surface area is 120 Å². The SMILES string of the molecule is CC(C)(C)OC(=O)Nc1c(F)ccc2cnc(Cl)cc12. The van der Waals surface area contributed by atoms with Crippen molar-refractivity contribution in [2.75, 3.05) is 5.32 Å². The monoisotopic (exact) mass is 296 g/mol. The average molecular weight is 297 g/mol. The van der Waals surface area contributed by atoms with Crippen LogP contribution in [0.1, 0.15) is 20.8 Å². The fourth-order valence-electron chi connectivity index (χ4n) is 1.70. The summed E-state index contributed by atoms with van der Waals surface area (Å²) in [6, 6.07) is 4.31. The van der Waals surface area contributed by atoms with E-state index in [1.165, 1.54) is 18.3 Å². The third-order valence-electron chi connectivity index (χ3n) is 2.44. The van der Waals surface area contributed by atoms with E-state index < -0.39 is 17.5 Å². The summed E-state index contributed by atoms with van der Waals surface area (Å²) in [4.78, 5) is 15.7. The van der Waals surface area contributed by atoms with Crippen molar-refractivity contribution < 1.29 is 13.9 Å². The molecule has 4 nitrogen and oxygen atoms in total. The fourth-order valence-corrected chi connectivity index (χ4v) is 1.86. The van der Waals surface area contributed by atoms with Gasteiger partial charge in [-0.3, -0.25) is 5.32 Å². The summed E-state index contributed by atoms with van der Waals surface area (Å²) < 4.78 is 19.0. The maximum absolute atomic E-state index is 13.9. The molecule has 20 heavy (non-hydrogen) atoms. The molecule has 6 heteroatoms. The summed E-state index contributed by atoms with van der Waals surface area (Å²) in [5.41, 5.74) is -0.634. The largest absolute Gasteiger partial charge is 0.444 e. The van der Waals surface area contributed by atoms with Gasteiger partial charge in [0.15, 0.2) is 0 Å². The molecule has 0 saturated carbocycles. The fraction of sp³-hybridized carbons (Fsp3) is 0.286. The van der Waals surface area contributed by atoms with Crippen LogP contribution < -0.4 is 5.32 Å². The molecule has 106 valence electrons. The lowest BCUT2D eigenvalue weighted by atomic mass is 10.1. The third-order valence-corrected chi connectivity index (χ3v) is 2.65. The Hall–Kier alpha value is -1.88. The number of rotatable bonds is 1. The van der Waals surface area contributed by atoms with Gasteiger partial charge in [0.05, 0.1) is 5.69 Å². The molecule has 0 unspecified atom stereocenters. The zero-order valence-electron chi connectivity index (χ0n) is 11.3. The molecular weight excluding hydrogens is 283 g/mol. The van der Waals surface area contributed by atoms with Crippen molar-refractivity contribution in [3.05, 3.63) is 35.4 Å². The molecule has 0 aliphatic rings. The van der Waals surface area contributed by atoms with Crippen LogP contribution in [0.3, 0.4) is 0 Å². The second kappa shape index (κ2) is 5.25. The normalized spacial score (nSPS) is 11.4. The number of benzene rings is 1. The molecule has 1 aromatic heterocycles. The van der Waals surface area contributed by atoms with Gasteiger partial charge in [0.2, 0.25) is 0 Å². The Kier molecular flexibility index (Phi) is 3.81. The highest BCUT2D eigenvalue weighted by molar-refractivity contribution is 6.30. The van der Waals surface area contributed by atoms with Crippen molar-refractivity contribution in [3.8, 4) is 0 Å². The smallest absolute Gasteiger partial charge is 0.412 e. The van der Waals surface area contributed by atoms with Gasteiger partial charge in [0.1, 0.15) is 16.6 Å². The van der Waals surface area contributed by atoms with Crippen LogP contribution >= 0.6 is 11.6 Å². The van der Waals surface area contributed by atoms with Crippen molar-refractivity contribution in [1.82, 2.24) is 4.98 Å². The number of nitrogens with one attached hydrogen (secondary N) is 1. The molecule has 2 rings (SSSR count). The lowest BCUT2D eigenvalue weighted by molar-refractivity contribution is 0.0635. The van der Waals surface area contributed by atoms with Gasteiger partial charge in [-0.05, 0) is 39.0 Å². The average Bonchev–Trinajstić information content (AvgIpc) is 2.31. The van der Waals surface area contributed by atoms with E-state index in [1.54, 1.807) is 26.8 Å². The van der Waals surface area contributed by atoms with Crippen molar-refractivity contribution in [3.63, 3.8) is 0 Å². The molecule has 0 radical (unpaired) electrons. The highest BCUT2D eigenvalue weighted by atomic mass is 35.5. The van der Waals surface area contributed by atoms with E-state index in [-0.39, 0.29) is 10.8 Å². The quantitative estimate of drug-likeness (QED) is 0.795. The van der Waals surface area contributed by atoms with Gasteiger partial charge in [0, 0.05) is 17.0 Å². The molecule has 0 aliphatic carbocycles. The van der Waals surface area contributed by atoms with Crippen LogP contribution in [0.5, 0.6) is 0 Å². The lowest BCUT2D eigenvalue weighted by Gasteiger charge is -2.20. The van der Waals surface area contributed by atoms with Crippen molar-refractivity contribution in [2.45, 2.75) is 26.4 Å².